The lowest BCUT2D eigenvalue weighted by Gasteiger charge is -2.21. The van der Waals surface area contributed by atoms with Crippen molar-refractivity contribution in [1.82, 2.24) is 0 Å². The lowest BCUT2D eigenvalue weighted by Crippen LogP contribution is -2.37. The number of hydrogen-bond donors (Lipinski definition) is 1. The Bertz CT molecular complexity index is 449. The monoisotopic (exact) mass is 265 g/mol. The first kappa shape index (κ1) is 15.5. The van der Waals surface area contributed by atoms with Gasteiger partial charge in [0.05, 0.1) is 7.11 Å². The average Bonchev–Trinajstić information content (AvgIpc) is 2.34. The van der Waals surface area contributed by atoms with Crippen molar-refractivity contribution in [3.63, 3.8) is 0 Å². The summed E-state index contributed by atoms with van der Waals surface area (Å²) in [5.74, 6) is 0.274. The summed E-state index contributed by atoms with van der Waals surface area (Å²) in [6, 6.07) is 5.29. The van der Waals surface area contributed by atoms with Crippen LogP contribution in [0.1, 0.15) is 31.9 Å². The lowest BCUT2D eigenvalue weighted by atomic mass is 9.86. The summed E-state index contributed by atoms with van der Waals surface area (Å²) in [4.78, 5) is 11.2. The Kier molecular flexibility index (Phi) is 4.95. The third-order valence-corrected chi connectivity index (χ3v) is 2.96. The Morgan fingerprint density at radius 2 is 2.00 bits per heavy atom. The van der Waals surface area contributed by atoms with Crippen molar-refractivity contribution in [2.75, 3.05) is 13.7 Å². The molecule has 0 aliphatic heterocycles. The van der Waals surface area contributed by atoms with Crippen molar-refractivity contribution in [3.8, 4) is 5.75 Å². The highest BCUT2D eigenvalue weighted by atomic mass is 16.5. The van der Waals surface area contributed by atoms with Crippen molar-refractivity contribution >= 4 is 5.97 Å². The first-order valence-electron chi connectivity index (χ1n) is 6.33. The van der Waals surface area contributed by atoms with Crippen LogP contribution in [0.25, 0.3) is 0 Å². The number of rotatable bonds is 4. The first-order valence-corrected chi connectivity index (χ1v) is 6.33. The summed E-state index contributed by atoms with van der Waals surface area (Å²) < 4.78 is 10.1. The fraction of sp³-hybridized carbons (Fsp3) is 0.533. The van der Waals surface area contributed by atoms with Gasteiger partial charge >= 0.3 is 5.97 Å². The molecule has 1 aromatic carbocycles. The average molecular weight is 265 g/mol. The van der Waals surface area contributed by atoms with E-state index in [1.54, 1.807) is 0 Å². The van der Waals surface area contributed by atoms with E-state index < -0.39 is 12.0 Å². The molecule has 4 heteroatoms. The van der Waals surface area contributed by atoms with Gasteiger partial charge in [-0.25, -0.2) is 0 Å². The minimum Gasteiger partial charge on any atom is -0.491 e. The summed E-state index contributed by atoms with van der Waals surface area (Å²) in [6.07, 6.45) is 0. The molecular formula is C15H23NO3. The summed E-state index contributed by atoms with van der Waals surface area (Å²) in [5, 5.41) is 0. The van der Waals surface area contributed by atoms with Gasteiger partial charge in [-0.1, -0.05) is 32.9 Å². The largest absolute Gasteiger partial charge is 0.491 e. The molecule has 1 aromatic rings. The van der Waals surface area contributed by atoms with Gasteiger partial charge in [-0.2, -0.15) is 0 Å². The van der Waals surface area contributed by atoms with Gasteiger partial charge in [0.15, 0.2) is 0 Å². The molecule has 0 saturated carbocycles. The van der Waals surface area contributed by atoms with Crippen LogP contribution in [0, 0.1) is 6.92 Å². The summed E-state index contributed by atoms with van der Waals surface area (Å²) in [6.45, 7) is 8.58. The van der Waals surface area contributed by atoms with Crippen molar-refractivity contribution in [3.05, 3.63) is 29.3 Å². The molecule has 0 saturated heterocycles. The standard InChI is InChI=1S/C15H23NO3/c1-10-8-11(15(2,3)4)6-7-13(10)19-9-12(16)14(17)18-5/h6-8,12H,9,16H2,1-5H3. The van der Waals surface area contributed by atoms with E-state index in [0.717, 1.165) is 11.3 Å². The number of benzene rings is 1. The van der Waals surface area contributed by atoms with Crippen molar-refractivity contribution in [2.24, 2.45) is 5.73 Å². The Labute approximate surface area is 114 Å². The van der Waals surface area contributed by atoms with Gasteiger partial charge in [0.2, 0.25) is 0 Å². The molecular weight excluding hydrogens is 242 g/mol. The third-order valence-electron chi connectivity index (χ3n) is 2.96. The van der Waals surface area contributed by atoms with Crippen LogP contribution in [0.2, 0.25) is 0 Å². The van der Waals surface area contributed by atoms with Crippen LogP contribution in [0.5, 0.6) is 5.75 Å². The molecule has 1 atom stereocenters. The van der Waals surface area contributed by atoms with Gasteiger partial charge in [-0.3, -0.25) is 4.79 Å². The molecule has 0 heterocycles. The maximum absolute atomic E-state index is 11.2. The van der Waals surface area contributed by atoms with Crippen LogP contribution in [0.3, 0.4) is 0 Å². The number of aryl methyl sites for hydroxylation is 1. The highest BCUT2D eigenvalue weighted by molar-refractivity contribution is 5.75. The minimum absolute atomic E-state index is 0.103. The molecule has 0 aliphatic carbocycles. The van der Waals surface area contributed by atoms with E-state index in [9.17, 15) is 4.79 Å². The zero-order valence-electron chi connectivity index (χ0n) is 12.3. The number of carbonyl (C=O) groups is 1. The van der Waals surface area contributed by atoms with Crippen LogP contribution in [0.15, 0.2) is 18.2 Å². The van der Waals surface area contributed by atoms with Crippen LogP contribution in [-0.4, -0.2) is 25.7 Å². The molecule has 0 bridgehead atoms. The fourth-order valence-corrected chi connectivity index (χ4v) is 1.68. The number of esters is 1. The second-order valence-corrected chi connectivity index (χ2v) is 5.67. The van der Waals surface area contributed by atoms with E-state index in [2.05, 4.69) is 31.6 Å². The third kappa shape index (κ3) is 4.24. The van der Waals surface area contributed by atoms with E-state index in [0.29, 0.717) is 0 Å². The Hall–Kier alpha value is -1.55. The molecule has 0 spiro atoms. The Morgan fingerprint density at radius 3 is 2.47 bits per heavy atom. The maximum Gasteiger partial charge on any atom is 0.326 e. The lowest BCUT2D eigenvalue weighted by molar-refractivity contribution is -0.142. The maximum atomic E-state index is 11.2. The highest BCUT2D eigenvalue weighted by Crippen LogP contribution is 2.27. The molecule has 0 fully saturated rings. The predicted octanol–water partition coefficient (Wildman–Crippen LogP) is 2.17. The molecule has 1 rings (SSSR count). The Morgan fingerprint density at radius 1 is 1.37 bits per heavy atom. The molecule has 0 aromatic heterocycles. The topological polar surface area (TPSA) is 61.5 Å². The van der Waals surface area contributed by atoms with E-state index in [-0.39, 0.29) is 12.0 Å². The fourth-order valence-electron chi connectivity index (χ4n) is 1.68. The molecule has 2 N–H and O–H groups in total. The smallest absolute Gasteiger partial charge is 0.326 e. The molecule has 4 nitrogen and oxygen atoms in total. The highest BCUT2D eigenvalue weighted by Gasteiger charge is 2.17. The van der Waals surface area contributed by atoms with Crippen LogP contribution in [-0.2, 0) is 14.9 Å². The van der Waals surface area contributed by atoms with Gasteiger partial charge < -0.3 is 15.2 Å². The SMILES string of the molecule is COC(=O)C(N)COc1ccc(C(C)(C)C)cc1C. The van der Waals surface area contributed by atoms with Gasteiger partial charge in [0.1, 0.15) is 18.4 Å². The Balaban J connectivity index is 2.73. The summed E-state index contributed by atoms with van der Waals surface area (Å²) >= 11 is 0. The molecule has 19 heavy (non-hydrogen) atoms. The second-order valence-electron chi connectivity index (χ2n) is 5.67. The first-order chi connectivity index (χ1) is 8.75. The zero-order chi connectivity index (χ0) is 14.6. The number of hydrogen-bond acceptors (Lipinski definition) is 4. The molecule has 0 amide bonds. The van der Waals surface area contributed by atoms with Gasteiger partial charge in [-0.15, -0.1) is 0 Å². The number of methoxy groups -OCH3 is 1. The minimum atomic E-state index is -0.758. The molecule has 106 valence electrons. The van der Waals surface area contributed by atoms with Crippen molar-refractivity contribution < 1.29 is 14.3 Å². The van der Waals surface area contributed by atoms with E-state index in [4.69, 9.17) is 10.5 Å². The molecule has 0 aliphatic rings. The van der Waals surface area contributed by atoms with E-state index in [1.165, 1.54) is 12.7 Å². The van der Waals surface area contributed by atoms with Crippen molar-refractivity contribution in [1.29, 1.82) is 0 Å². The molecule has 0 radical (unpaired) electrons. The number of nitrogens with two attached hydrogens (primary N) is 1. The zero-order valence-corrected chi connectivity index (χ0v) is 12.3. The van der Waals surface area contributed by atoms with Gasteiger partial charge in [-0.05, 0) is 29.5 Å². The van der Waals surface area contributed by atoms with Crippen molar-refractivity contribution in [2.45, 2.75) is 39.2 Å². The van der Waals surface area contributed by atoms with Crippen LogP contribution in [0.4, 0.5) is 0 Å². The normalized spacial score (nSPS) is 12.9. The predicted molar refractivity (Wildman–Crippen MR) is 75.4 cm³/mol. The number of ether oxygens (including phenoxy) is 2. The van der Waals surface area contributed by atoms with E-state index >= 15 is 0 Å². The van der Waals surface area contributed by atoms with Crippen LogP contribution < -0.4 is 10.5 Å². The summed E-state index contributed by atoms with van der Waals surface area (Å²) in [5.41, 5.74) is 8.01. The second kappa shape index (κ2) is 6.06. The van der Waals surface area contributed by atoms with Crippen LogP contribution >= 0.6 is 0 Å². The summed E-state index contributed by atoms with van der Waals surface area (Å²) in [7, 11) is 1.31. The van der Waals surface area contributed by atoms with Gasteiger partial charge in [0.25, 0.3) is 0 Å². The van der Waals surface area contributed by atoms with Gasteiger partial charge in [0, 0.05) is 0 Å². The molecule has 1 unspecified atom stereocenters. The quantitative estimate of drug-likeness (QED) is 0.848. The number of carbonyl (C=O) groups excluding carboxylic acids is 1. The van der Waals surface area contributed by atoms with E-state index in [1.807, 2.05) is 19.1 Å².